The molecule has 1 aromatic heterocycles. The van der Waals surface area contributed by atoms with E-state index < -0.39 is 0 Å². The Morgan fingerprint density at radius 2 is 2.14 bits per heavy atom. The first-order valence-electron chi connectivity index (χ1n) is 11.1. The third-order valence-electron chi connectivity index (χ3n) is 8.23. The molecule has 2 N–H and O–H groups in total. The van der Waals surface area contributed by atoms with Crippen molar-refractivity contribution in [3.8, 4) is 5.75 Å². The fraction of sp³-hybridized carbons (Fsp3) is 0.560. The molecule has 154 valence electrons. The number of hydrogen-bond donors (Lipinski definition) is 2. The second kappa shape index (κ2) is 6.73. The number of nitrogens with zero attached hydrogens (tertiary/aromatic N) is 2. The molecule has 3 aliphatic rings. The zero-order valence-electron chi connectivity index (χ0n) is 17.7. The molecule has 2 aromatic rings. The lowest BCUT2D eigenvalue weighted by atomic mass is 9.55. The predicted molar refractivity (Wildman–Crippen MR) is 115 cm³/mol. The van der Waals surface area contributed by atoms with E-state index in [9.17, 15) is 10.2 Å². The normalized spacial score (nSPS) is 34.7. The monoisotopic (exact) mass is 392 g/mol. The third kappa shape index (κ3) is 2.87. The fourth-order valence-corrected chi connectivity index (χ4v) is 6.60. The van der Waals surface area contributed by atoms with E-state index in [2.05, 4.69) is 44.2 Å². The standard InChI is InChI=1S/C25H32N2O2/c1-4-27-14-18(15(2)26-27)11-17-13-23-22-7-5-16-12-19(28)6-8-20(16)21(22)9-10-25(23,3)24(17)29/h6,8,11-12,14,21-24,28-29H,4-5,7,9-10,13H2,1-3H3/b17-11+/t21-,22+,23+,24-,25+/m0/s1. The van der Waals surface area contributed by atoms with Gasteiger partial charge >= 0.3 is 0 Å². The van der Waals surface area contributed by atoms with Crippen molar-refractivity contribution in [2.45, 2.75) is 71.4 Å². The van der Waals surface area contributed by atoms with Gasteiger partial charge in [0.25, 0.3) is 0 Å². The van der Waals surface area contributed by atoms with Crippen LogP contribution < -0.4 is 0 Å². The molecule has 4 heteroatoms. The number of rotatable bonds is 2. The molecule has 0 saturated heterocycles. The molecule has 1 heterocycles. The summed E-state index contributed by atoms with van der Waals surface area (Å²) in [7, 11) is 0. The maximum absolute atomic E-state index is 11.4. The molecule has 5 rings (SSSR count). The predicted octanol–water partition coefficient (Wildman–Crippen LogP) is 4.83. The first-order chi connectivity index (χ1) is 13.9. The highest BCUT2D eigenvalue weighted by Gasteiger charge is 2.56. The van der Waals surface area contributed by atoms with Crippen molar-refractivity contribution in [3.05, 3.63) is 52.4 Å². The molecule has 4 nitrogen and oxygen atoms in total. The van der Waals surface area contributed by atoms with E-state index in [-0.39, 0.29) is 11.5 Å². The van der Waals surface area contributed by atoms with E-state index in [4.69, 9.17) is 0 Å². The van der Waals surface area contributed by atoms with Crippen molar-refractivity contribution in [2.24, 2.45) is 17.3 Å². The van der Waals surface area contributed by atoms with Gasteiger partial charge in [0.15, 0.2) is 0 Å². The topological polar surface area (TPSA) is 58.3 Å². The molecule has 0 aliphatic heterocycles. The van der Waals surface area contributed by atoms with Crippen LogP contribution in [0.2, 0.25) is 0 Å². The van der Waals surface area contributed by atoms with Crippen LogP contribution in [0.5, 0.6) is 5.75 Å². The van der Waals surface area contributed by atoms with E-state index in [0.717, 1.165) is 49.9 Å². The summed E-state index contributed by atoms with van der Waals surface area (Å²) in [5.74, 6) is 2.08. The molecule has 29 heavy (non-hydrogen) atoms. The van der Waals surface area contributed by atoms with Crippen LogP contribution in [0.15, 0.2) is 30.0 Å². The van der Waals surface area contributed by atoms with Gasteiger partial charge in [0, 0.05) is 23.7 Å². The van der Waals surface area contributed by atoms with E-state index in [1.807, 2.05) is 16.8 Å². The zero-order valence-corrected chi connectivity index (χ0v) is 17.7. The molecule has 0 unspecified atom stereocenters. The van der Waals surface area contributed by atoms with Crippen LogP contribution in [-0.4, -0.2) is 26.1 Å². The fourth-order valence-electron chi connectivity index (χ4n) is 6.60. The molecule has 3 aliphatic carbocycles. The molecule has 0 spiro atoms. The van der Waals surface area contributed by atoms with E-state index in [1.54, 1.807) is 0 Å². The summed E-state index contributed by atoms with van der Waals surface area (Å²) in [5.41, 5.74) is 6.10. The summed E-state index contributed by atoms with van der Waals surface area (Å²) in [4.78, 5) is 0. The molecule has 0 bridgehead atoms. The van der Waals surface area contributed by atoms with Gasteiger partial charge in [-0.15, -0.1) is 0 Å². The van der Waals surface area contributed by atoms with Crippen LogP contribution >= 0.6 is 0 Å². The molecule has 2 saturated carbocycles. The zero-order chi connectivity index (χ0) is 20.3. The Labute approximate surface area is 173 Å². The largest absolute Gasteiger partial charge is 0.508 e. The van der Waals surface area contributed by atoms with Gasteiger partial charge in [-0.2, -0.15) is 5.10 Å². The Bertz CT molecular complexity index is 975. The lowest BCUT2D eigenvalue weighted by Gasteiger charge is -2.49. The van der Waals surface area contributed by atoms with Gasteiger partial charge in [0.2, 0.25) is 0 Å². The molecule has 1 aromatic carbocycles. The lowest BCUT2D eigenvalue weighted by Crippen LogP contribution is -2.44. The van der Waals surface area contributed by atoms with Gasteiger partial charge in [0.1, 0.15) is 5.75 Å². The Balaban J connectivity index is 1.48. The van der Waals surface area contributed by atoms with Crippen LogP contribution in [0.25, 0.3) is 6.08 Å². The van der Waals surface area contributed by atoms with Crippen molar-refractivity contribution in [1.82, 2.24) is 9.78 Å². The Hall–Kier alpha value is -2.07. The quantitative estimate of drug-likeness (QED) is 0.770. The first kappa shape index (κ1) is 18.9. The number of phenolic OH excluding ortho intramolecular Hbond substituents is 1. The number of benzene rings is 1. The van der Waals surface area contributed by atoms with E-state index in [1.165, 1.54) is 16.7 Å². The molecule has 2 fully saturated rings. The number of phenols is 1. The summed E-state index contributed by atoms with van der Waals surface area (Å²) in [6.45, 7) is 7.34. The molecular weight excluding hydrogens is 360 g/mol. The van der Waals surface area contributed by atoms with Gasteiger partial charge < -0.3 is 10.2 Å². The van der Waals surface area contributed by atoms with Crippen molar-refractivity contribution in [1.29, 1.82) is 0 Å². The highest BCUT2D eigenvalue weighted by Crippen LogP contribution is 2.62. The summed E-state index contributed by atoms with van der Waals surface area (Å²) < 4.78 is 1.97. The minimum Gasteiger partial charge on any atom is -0.508 e. The summed E-state index contributed by atoms with van der Waals surface area (Å²) in [5, 5.41) is 25.8. The van der Waals surface area contributed by atoms with Gasteiger partial charge in [0.05, 0.1) is 11.8 Å². The minimum atomic E-state index is -0.362. The van der Waals surface area contributed by atoms with Crippen LogP contribution in [0.1, 0.15) is 67.8 Å². The number of aliphatic hydroxyl groups is 1. The molecule has 0 radical (unpaired) electrons. The number of aromatic hydroxyl groups is 1. The average Bonchev–Trinajstić information content (AvgIpc) is 3.19. The van der Waals surface area contributed by atoms with Crippen molar-refractivity contribution < 1.29 is 10.2 Å². The van der Waals surface area contributed by atoms with E-state index in [0.29, 0.717) is 23.5 Å². The second-order valence-electron chi connectivity index (χ2n) is 9.69. The van der Waals surface area contributed by atoms with Crippen molar-refractivity contribution in [2.75, 3.05) is 0 Å². The van der Waals surface area contributed by atoms with Crippen molar-refractivity contribution >= 4 is 6.08 Å². The Kier molecular flexibility index (Phi) is 4.39. The lowest BCUT2D eigenvalue weighted by molar-refractivity contribution is -0.0158. The maximum atomic E-state index is 11.4. The number of fused-ring (bicyclic) bond motifs is 5. The molecular formula is C25H32N2O2. The SMILES string of the molecule is CCn1cc(/C=C2\C[C@@H]3[C@@H]4CCc5cc(O)ccc5[C@@H]4CC[C@@]3(C)[C@H]2O)c(C)n1. The van der Waals surface area contributed by atoms with Crippen molar-refractivity contribution in [3.63, 3.8) is 0 Å². The number of hydrogen-bond acceptors (Lipinski definition) is 3. The Morgan fingerprint density at radius 1 is 1.31 bits per heavy atom. The van der Waals surface area contributed by atoms with Gasteiger partial charge in [-0.1, -0.05) is 13.0 Å². The number of aromatic nitrogens is 2. The van der Waals surface area contributed by atoms with Gasteiger partial charge in [-0.25, -0.2) is 0 Å². The van der Waals surface area contributed by atoms with Crippen LogP contribution in [0.4, 0.5) is 0 Å². The Morgan fingerprint density at radius 3 is 2.90 bits per heavy atom. The third-order valence-corrected chi connectivity index (χ3v) is 8.23. The minimum absolute atomic E-state index is 0.0317. The van der Waals surface area contributed by atoms with Crippen LogP contribution in [-0.2, 0) is 13.0 Å². The van der Waals surface area contributed by atoms with Crippen LogP contribution in [0.3, 0.4) is 0 Å². The van der Waals surface area contributed by atoms with E-state index >= 15 is 0 Å². The van der Waals surface area contributed by atoms with Gasteiger partial charge in [-0.3, -0.25) is 4.68 Å². The molecule has 5 atom stereocenters. The number of aryl methyl sites for hydroxylation is 3. The summed E-state index contributed by atoms with van der Waals surface area (Å²) in [6.07, 6.45) is 9.33. The smallest absolute Gasteiger partial charge is 0.115 e. The number of aliphatic hydroxyl groups excluding tert-OH is 1. The highest BCUT2D eigenvalue weighted by molar-refractivity contribution is 5.57. The molecule has 0 amide bonds. The second-order valence-corrected chi connectivity index (χ2v) is 9.69. The summed E-state index contributed by atoms with van der Waals surface area (Å²) in [6, 6.07) is 5.95. The maximum Gasteiger partial charge on any atom is 0.115 e. The van der Waals surface area contributed by atoms with Gasteiger partial charge in [-0.05, 0) is 98.6 Å². The summed E-state index contributed by atoms with van der Waals surface area (Å²) >= 11 is 0. The van der Waals surface area contributed by atoms with Crippen LogP contribution in [0, 0.1) is 24.2 Å². The first-order valence-corrected chi connectivity index (χ1v) is 11.1. The highest BCUT2D eigenvalue weighted by atomic mass is 16.3. The average molecular weight is 393 g/mol.